The van der Waals surface area contributed by atoms with E-state index < -0.39 is 21.3 Å². The Bertz CT molecular complexity index is 446. The number of benzene rings is 1. The molecule has 1 unspecified atom stereocenters. The van der Waals surface area contributed by atoms with Crippen molar-refractivity contribution in [1.29, 1.82) is 4.78 Å². The van der Waals surface area contributed by atoms with Crippen molar-refractivity contribution >= 4 is 25.7 Å². The van der Waals surface area contributed by atoms with Crippen LogP contribution in [0, 0.1) is 10.6 Å². The third kappa shape index (κ3) is 2.09. The van der Waals surface area contributed by atoms with Crippen LogP contribution in [0.1, 0.15) is 0 Å². The molecule has 0 amide bonds. The van der Waals surface area contributed by atoms with Crippen molar-refractivity contribution < 1.29 is 17.4 Å². The number of hydrogen-bond donors (Lipinski definition) is 1. The van der Waals surface area contributed by atoms with Crippen molar-refractivity contribution in [3.05, 3.63) is 28.5 Å². The van der Waals surface area contributed by atoms with Gasteiger partial charge in [-0.2, -0.15) is 8.78 Å². The maximum Gasteiger partial charge on any atom is 0.323 e. The summed E-state index contributed by atoms with van der Waals surface area (Å²) in [4.78, 5) is -0.388. The van der Waals surface area contributed by atoms with Crippen LogP contribution in [0.4, 0.5) is 13.2 Å². The summed E-state index contributed by atoms with van der Waals surface area (Å²) in [6.45, 7) is 0. The molecule has 0 spiro atoms. The topological polar surface area (TPSA) is 40.9 Å². The second-order valence-electron chi connectivity index (χ2n) is 2.44. The number of rotatable bonds is 2. The minimum atomic E-state index is -4.15. The summed E-state index contributed by atoms with van der Waals surface area (Å²) in [5.41, 5.74) is 0. The smallest absolute Gasteiger partial charge is 0.244 e. The fourth-order valence-electron chi connectivity index (χ4n) is 0.768. The minimum absolute atomic E-state index is 0.0874. The highest BCUT2D eigenvalue weighted by molar-refractivity contribution is 9.10. The molecule has 0 bridgehead atoms. The molecule has 1 aromatic carbocycles. The van der Waals surface area contributed by atoms with E-state index in [2.05, 4.69) is 15.9 Å². The van der Waals surface area contributed by atoms with Gasteiger partial charge in [0, 0.05) is 0 Å². The summed E-state index contributed by atoms with van der Waals surface area (Å²) in [6, 6.07) is 2.73. The molecule has 14 heavy (non-hydrogen) atoms. The molecule has 0 aromatic heterocycles. The Kier molecular flexibility index (Phi) is 3.20. The summed E-state index contributed by atoms with van der Waals surface area (Å²) in [6.07, 6.45) is 0. The van der Waals surface area contributed by atoms with Crippen LogP contribution in [0.2, 0.25) is 0 Å². The predicted molar refractivity (Wildman–Crippen MR) is 49.2 cm³/mol. The predicted octanol–water partition coefficient (Wildman–Crippen LogP) is 3.22. The molecule has 0 aliphatic heterocycles. The summed E-state index contributed by atoms with van der Waals surface area (Å²) in [7, 11) is -4.15. The van der Waals surface area contributed by atoms with E-state index in [4.69, 9.17) is 4.78 Å². The van der Waals surface area contributed by atoms with Gasteiger partial charge in [0.05, 0.1) is 9.37 Å². The first-order valence-corrected chi connectivity index (χ1v) is 5.78. The van der Waals surface area contributed by atoms with Crippen LogP contribution in [0.5, 0.6) is 0 Å². The molecule has 0 aliphatic rings. The summed E-state index contributed by atoms with van der Waals surface area (Å²) < 4.78 is 55.0. The van der Waals surface area contributed by atoms with Crippen LogP contribution in [0.25, 0.3) is 0 Å². The Morgan fingerprint density at radius 1 is 1.43 bits per heavy atom. The van der Waals surface area contributed by atoms with E-state index in [1.807, 2.05) is 0 Å². The normalized spacial score (nSPS) is 15.5. The fraction of sp³-hybridized carbons (Fsp3) is 0.143. The van der Waals surface area contributed by atoms with Crippen LogP contribution >= 0.6 is 15.9 Å². The Labute approximate surface area is 87.2 Å². The van der Waals surface area contributed by atoms with Crippen molar-refractivity contribution in [2.24, 2.45) is 0 Å². The first-order valence-electron chi connectivity index (χ1n) is 3.36. The van der Waals surface area contributed by atoms with E-state index in [9.17, 15) is 17.4 Å². The van der Waals surface area contributed by atoms with E-state index in [1.165, 1.54) is 0 Å². The molecule has 0 saturated carbocycles. The van der Waals surface area contributed by atoms with Gasteiger partial charge in [0.25, 0.3) is 0 Å². The van der Waals surface area contributed by atoms with Gasteiger partial charge in [-0.25, -0.2) is 13.4 Å². The summed E-state index contributed by atoms with van der Waals surface area (Å²) in [5.74, 6) is -3.93. The average Bonchev–Trinajstić information content (AvgIpc) is 2.09. The standard InChI is InChI=1S/C7H5BrF3NOS/c8-5-3-4(1-2-6(5)9)14(12,13)7(10)11/h1-3,7,12H. The van der Waals surface area contributed by atoms with Gasteiger partial charge < -0.3 is 0 Å². The van der Waals surface area contributed by atoms with Crippen molar-refractivity contribution in [3.63, 3.8) is 0 Å². The van der Waals surface area contributed by atoms with Crippen LogP contribution in [-0.2, 0) is 9.73 Å². The molecule has 0 saturated heterocycles. The monoisotopic (exact) mass is 287 g/mol. The van der Waals surface area contributed by atoms with Gasteiger partial charge >= 0.3 is 5.76 Å². The fourth-order valence-corrected chi connectivity index (χ4v) is 2.07. The first kappa shape index (κ1) is 11.5. The number of halogens is 4. The molecule has 78 valence electrons. The zero-order valence-electron chi connectivity index (χ0n) is 6.64. The Morgan fingerprint density at radius 3 is 2.43 bits per heavy atom. The van der Waals surface area contributed by atoms with E-state index in [0.717, 1.165) is 18.2 Å². The molecule has 2 nitrogen and oxygen atoms in total. The van der Waals surface area contributed by atoms with Gasteiger partial charge in [-0.3, -0.25) is 0 Å². The van der Waals surface area contributed by atoms with Crippen molar-refractivity contribution in [2.75, 3.05) is 0 Å². The molecule has 0 aliphatic carbocycles. The highest BCUT2D eigenvalue weighted by atomic mass is 79.9. The molecule has 1 N–H and O–H groups in total. The van der Waals surface area contributed by atoms with Gasteiger partial charge in [-0.1, -0.05) is 0 Å². The van der Waals surface area contributed by atoms with Gasteiger partial charge in [-0.05, 0) is 34.1 Å². The molecule has 0 fully saturated rings. The molecule has 1 atom stereocenters. The van der Waals surface area contributed by atoms with Crippen molar-refractivity contribution in [1.82, 2.24) is 0 Å². The van der Waals surface area contributed by atoms with E-state index in [0.29, 0.717) is 0 Å². The minimum Gasteiger partial charge on any atom is -0.244 e. The highest BCUT2D eigenvalue weighted by Gasteiger charge is 2.22. The first-order chi connectivity index (χ1) is 6.35. The van der Waals surface area contributed by atoms with Gasteiger partial charge in [0.1, 0.15) is 15.5 Å². The second kappa shape index (κ2) is 3.90. The van der Waals surface area contributed by atoms with Crippen LogP contribution < -0.4 is 0 Å². The van der Waals surface area contributed by atoms with Crippen molar-refractivity contribution in [3.8, 4) is 0 Å². The van der Waals surface area contributed by atoms with Gasteiger partial charge in [-0.15, -0.1) is 0 Å². The summed E-state index contributed by atoms with van der Waals surface area (Å²) >= 11 is 2.76. The lowest BCUT2D eigenvalue weighted by Crippen LogP contribution is -2.09. The third-order valence-electron chi connectivity index (χ3n) is 1.49. The maximum atomic E-state index is 12.7. The molecule has 0 radical (unpaired) electrons. The molecule has 1 aromatic rings. The number of alkyl halides is 2. The van der Waals surface area contributed by atoms with Gasteiger partial charge in [0.15, 0.2) is 0 Å². The molecular formula is C7H5BrF3NOS. The largest absolute Gasteiger partial charge is 0.323 e. The Morgan fingerprint density at radius 2 is 2.00 bits per heavy atom. The average molecular weight is 288 g/mol. The zero-order chi connectivity index (χ0) is 10.9. The zero-order valence-corrected chi connectivity index (χ0v) is 9.04. The molecule has 7 heteroatoms. The number of hydrogen-bond acceptors (Lipinski definition) is 2. The van der Waals surface area contributed by atoms with E-state index >= 15 is 0 Å². The molecule has 0 heterocycles. The summed E-state index contributed by atoms with van der Waals surface area (Å²) in [5, 5.41) is 0. The van der Waals surface area contributed by atoms with Gasteiger partial charge in [0.2, 0.25) is 0 Å². The highest BCUT2D eigenvalue weighted by Crippen LogP contribution is 2.24. The lowest BCUT2D eigenvalue weighted by Gasteiger charge is -2.06. The lowest BCUT2D eigenvalue weighted by atomic mass is 10.3. The Hall–Kier alpha value is -0.560. The Balaban J connectivity index is 3.29. The second-order valence-corrected chi connectivity index (χ2v) is 5.32. The van der Waals surface area contributed by atoms with Crippen molar-refractivity contribution in [2.45, 2.75) is 10.7 Å². The molecule has 1 rings (SSSR count). The van der Waals surface area contributed by atoms with Crippen LogP contribution in [0.15, 0.2) is 27.6 Å². The third-order valence-corrected chi connectivity index (χ3v) is 3.56. The molecular weight excluding hydrogens is 283 g/mol. The maximum absolute atomic E-state index is 12.7. The number of nitrogens with one attached hydrogen (secondary N) is 1. The SMILES string of the molecule is N=S(=O)(c1ccc(F)c(Br)c1)C(F)F. The lowest BCUT2D eigenvalue weighted by molar-refractivity contribution is 0.241. The van der Waals surface area contributed by atoms with E-state index in [-0.39, 0.29) is 9.37 Å². The van der Waals surface area contributed by atoms with E-state index in [1.54, 1.807) is 0 Å². The van der Waals surface area contributed by atoms with Crippen LogP contribution in [-0.4, -0.2) is 9.97 Å². The quantitative estimate of drug-likeness (QED) is 0.892. The van der Waals surface area contributed by atoms with Crippen LogP contribution in [0.3, 0.4) is 0 Å².